The summed E-state index contributed by atoms with van der Waals surface area (Å²) in [6, 6.07) is 4.41. The van der Waals surface area contributed by atoms with Crippen molar-refractivity contribution in [3.8, 4) is 11.4 Å². The SMILES string of the molecule is CC(C)n1nc(-c2cc(F)ccn2)c2ncc(C=O)cc21.CNC1(C)CS(=O)C1.OCF. The molecule has 3 aromatic rings. The summed E-state index contributed by atoms with van der Waals surface area (Å²) in [7, 11) is 1.39. The number of aliphatic hydroxyl groups excluding tert-OH is 1. The van der Waals surface area contributed by atoms with Gasteiger partial charge >= 0.3 is 0 Å². The Hall–Kier alpha value is -2.63. The van der Waals surface area contributed by atoms with Crippen molar-refractivity contribution in [2.45, 2.75) is 32.4 Å². The number of pyridine rings is 2. The van der Waals surface area contributed by atoms with Crippen LogP contribution in [0.5, 0.6) is 0 Å². The standard InChI is InChI=1S/C15H13FN4O.C5H11NOS.CH3FO/c1-9(2)20-13-5-10(8-21)7-18-15(13)14(19-20)12-6-11(16)3-4-17-12;1-5(6-2)3-8(7)4-5;2-1-3/h3-9H,1-2H3;6H,3-4H2,1-2H3;3H,1H2. The number of rotatable bonds is 4. The van der Waals surface area contributed by atoms with Crippen LogP contribution in [0.1, 0.15) is 37.2 Å². The molecule has 0 bridgehead atoms. The molecule has 4 heterocycles. The first kappa shape index (κ1) is 25.6. The topological polar surface area (TPSA) is 110 Å². The van der Waals surface area contributed by atoms with E-state index in [0.29, 0.717) is 22.5 Å². The molecule has 11 heteroatoms. The van der Waals surface area contributed by atoms with Crippen LogP contribution in [0.25, 0.3) is 22.4 Å². The number of hydrogen-bond donors (Lipinski definition) is 2. The molecule has 0 aromatic carbocycles. The summed E-state index contributed by atoms with van der Waals surface area (Å²) in [5.41, 5.74) is 2.93. The zero-order valence-electron chi connectivity index (χ0n) is 18.4. The van der Waals surface area contributed by atoms with E-state index in [9.17, 15) is 17.8 Å². The highest BCUT2D eigenvalue weighted by molar-refractivity contribution is 7.86. The van der Waals surface area contributed by atoms with Gasteiger partial charge in [-0.05, 0) is 40.0 Å². The third kappa shape index (κ3) is 6.21. The van der Waals surface area contributed by atoms with E-state index in [1.54, 1.807) is 10.7 Å². The smallest absolute Gasteiger partial charge is 0.185 e. The van der Waals surface area contributed by atoms with Gasteiger partial charge in [0.1, 0.15) is 17.0 Å². The van der Waals surface area contributed by atoms with Gasteiger partial charge in [-0.1, -0.05) is 0 Å². The van der Waals surface area contributed by atoms with Crippen molar-refractivity contribution in [3.05, 3.63) is 42.0 Å². The first-order chi connectivity index (χ1) is 15.2. The number of carbonyl (C=O) groups excluding carboxylic acids is 1. The number of hydrogen-bond acceptors (Lipinski definition) is 7. The Kier molecular flexibility index (Phi) is 9.05. The highest BCUT2D eigenvalue weighted by Gasteiger charge is 2.36. The lowest BCUT2D eigenvalue weighted by Gasteiger charge is -2.36. The second kappa shape index (κ2) is 11.3. The summed E-state index contributed by atoms with van der Waals surface area (Å²) in [5, 5.41) is 14.5. The van der Waals surface area contributed by atoms with Gasteiger partial charge in [0.2, 0.25) is 0 Å². The van der Waals surface area contributed by atoms with E-state index in [1.807, 2.05) is 20.9 Å². The number of alkyl halides is 1. The molecule has 0 radical (unpaired) electrons. The van der Waals surface area contributed by atoms with Crippen LogP contribution in [0.4, 0.5) is 8.78 Å². The van der Waals surface area contributed by atoms with Crippen LogP contribution >= 0.6 is 0 Å². The molecule has 32 heavy (non-hydrogen) atoms. The molecule has 0 amide bonds. The van der Waals surface area contributed by atoms with E-state index in [1.165, 1.54) is 24.5 Å². The quantitative estimate of drug-likeness (QED) is 0.568. The predicted molar refractivity (Wildman–Crippen MR) is 120 cm³/mol. The van der Waals surface area contributed by atoms with Gasteiger partial charge in [-0.25, -0.2) is 8.78 Å². The monoisotopic (exact) mass is 467 g/mol. The third-order valence-corrected chi connectivity index (χ3v) is 6.64. The lowest BCUT2D eigenvalue weighted by Crippen LogP contribution is -2.58. The van der Waals surface area contributed by atoms with Gasteiger partial charge in [-0.15, -0.1) is 0 Å². The molecule has 1 aliphatic heterocycles. The molecule has 0 aliphatic carbocycles. The minimum absolute atomic E-state index is 0.0820. The molecule has 1 saturated heterocycles. The molecular formula is C21H27F2N5O3S. The second-order valence-electron chi connectivity index (χ2n) is 7.66. The maximum Gasteiger partial charge on any atom is 0.185 e. The normalized spacial score (nSPS) is 19.4. The third-order valence-electron chi connectivity index (χ3n) is 4.72. The summed E-state index contributed by atoms with van der Waals surface area (Å²) in [6.45, 7) is 4.79. The molecule has 1 aliphatic rings. The second-order valence-corrected chi connectivity index (χ2v) is 9.12. The van der Waals surface area contributed by atoms with Gasteiger partial charge in [-0.3, -0.25) is 23.7 Å². The number of halogens is 2. The molecule has 4 rings (SSSR count). The van der Waals surface area contributed by atoms with Gasteiger partial charge < -0.3 is 10.4 Å². The first-order valence-corrected chi connectivity index (χ1v) is 11.3. The van der Waals surface area contributed by atoms with Crippen molar-refractivity contribution in [1.29, 1.82) is 0 Å². The average Bonchev–Trinajstić information content (AvgIpc) is 3.13. The first-order valence-electron chi connectivity index (χ1n) is 9.84. The molecular weight excluding hydrogens is 440 g/mol. The Bertz CT molecular complexity index is 1080. The lowest BCUT2D eigenvalue weighted by molar-refractivity contribution is 0.112. The van der Waals surface area contributed by atoms with E-state index >= 15 is 0 Å². The molecule has 2 N–H and O–H groups in total. The maximum absolute atomic E-state index is 13.4. The molecule has 8 nitrogen and oxygen atoms in total. The van der Waals surface area contributed by atoms with Crippen LogP contribution in [0.3, 0.4) is 0 Å². The average molecular weight is 468 g/mol. The lowest BCUT2D eigenvalue weighted by atomic mass is 10.1. The van der Waals surface area contributed by atoms with Gasteiger partial charge in [0.15, 0.2) is 13.1 Å². The largest absolute Gasteiger partial charge is 0.366 e. The minimum atomic E-state index is -1.25. The summed E-state index contributed by atoms with van der Waals surface area (Å²) in [4.78, 5) is 19.4. The highest BCUT2D eigenvalue weighted by atomic mass is 32.2. The van der Waals surface area contributed by atoms with E-state index in [4.69, 9.17) is 5.11 Å². The zero-order valence-corrected chi connectivity index (χ0v) is 19.2. The highest BCUT2D eigenvalue weighted by Crippen LogP contribution is 2.27. The van der Waals surface area contributed by atoms with Gasteiger partial charge in [0, 0.05) is 57.9 Å². The Morgan fingerprint density at radius 1 is 1.34 bits per heavy atom. The zero-order chi connectivity index (χ0) is 23.9. The number of aliphatic hydroxyl groups is 1. The summed E-state index contributed by atoms with van der Waals surface area (Å²) in [5.74, 6) is 1.27. The molecule has 3 aromatic heterocycles. The predicted octanol–water partition coefficient (Wildman–Crippen LogP) is 2.66. The van der Waals surface area contributed by atoms with Crippen LogP contribution < -0.4 is 5.32 Å². The molecule has 1 fully saturated rings. The number of nitrogens with zero attached hydrogens (tertiary/aromatic N) is 4. The molecule has 0 saturated carbocycles. The minimum Gasteiger partial charge on any atom is -0.366 e. The van der Waals surface area contributed by atoms with E-state index in [2.05, 4.69) is 27.3 Å². The fourth-order valence-corrected chi connectivity index (χ4v) is 4.64. The summed E-state index contributed by atoms with van der Waals surface area (Å²) in [6.07, 6.45) is 3.61. The van der Waals surface area contributed by atoms with Crippen molar-refractivity contribution < 1.29 is 22.9 Å². The molecule has 174 valence electrons. The van der Waals surface area contributed by atoms with Crippen LogP contribution in [0.15, 0.2) is 30.6 Å². The van der Waals surface area contributed by atoms with E-state index in [0.717, 1.165) is 23.3 Å². The van der Waals surface area contributed by atoms with Gasteiger partial charge in [0.05, 0.1) is 11.2 Å². The number of aldehydes is 1. The number of carbonyl (C=O) groups is 1. The summed E-state index contributed by atoms with van der Waals surface area (Å²) < 4.78 is 35.5. The van der Waals surface area contributed by atoms with Crippen molar-refractivity contribution in [2.24, 2.45) is 0 Å². The van der Waals surface area contributed by atoms with Crippen molar-refractivity contribution in [1.82, 2.24) is 25.1 Å². The molecule has 0 atom stereocenters. The van der Waals surface area contributed by atoms with Crippen LogP contribution in [0.2, 0.25) is 0 Å². The van der Waals surface area contributed by atoms with E-state index in [-0.39, 0.29) is 17.4 Å². The maximum atomic E-state index is 13.4. The Morgan fingerprint density at radius 2 is 2.00 bits per heavy atom. The van der Waals surface area contributed by atoms with Crippen LogP contribution in [-0.2, 0) is 10.8 Å². The Balaban J connectivity index is 0.000000274. The fourth-order valence-electron chi connectivity index (χ4n) is 3.01. The molecule has 0 unspecified atom stereocenters. The van der Waals surface area contributed by atoms with Crippen molar-refractivity contribution in [2.75, 3.05) is 25.4 Å². The van der Waals surface area contributed by atoms with Crippen LogP contribution in [-0.4, -0.2) is 66.3 Å². The Labute approximate surface area is 187 Å². The van der Waals surface area contributed by atoms with Gasteiger partial charge in [0.25, 0.3) is 0 Å². The fraction of sp³-hybridized carbons (Fsp3) is 0.429. The number of nitrogens with one attached hydrogen (secondary N) is 1. The van der Waals surface area contributed by atoms with Gasteiger partial charge in [-0.2, -0.15) is 5.10 Å². The number of fused-ring (bicyclic) bond motifs is 1. The van der Waals surface area contributed by atoms with E-state index < -0.39 is 17.7 Å². The Morgan fingerprint density at radius 3 is 2.47 bits per heavy atom. The summed E-state index contributed by atoms with van der Waals surface area (Å²) >= 11 is 0. The number of aromatic nitrogens is 4. The van der Waals surface area contributed by atoms with Crippen LogP contribution in [0, 0.1) is 5.82 Å². The van der Waals surface area contributed by atoms with Crippen molar-refractivity contribution >= 4 is 28.1 Å². The van der Waals surface area contributed by atoms with Crippen molar-refractivity contribution in [3.63, 3.8) is 0 Å². The molecule has 0 spiro atoms.